The maximum atomic E-state index is 12.1. The Morgan fingerprint density at radius 1 is 1.33 bits per heavy atom. The molecule has 2 saturated heterocycles. The first kappa shape index (κ1) is 14.2. The molecule has 2 aliphatic heterocycles. The second kappa shape index (κ2) is 5.04. The van der Waals surface area contributed by atoms with Crippen LogP contribution in [0, 0.1) is 0 Å². The van der Waals surface area contributed by atoms with Crippen molar-refractivity contribution in [3.8, 4) is 0 Å². The van der Waals surface area contributed by atoms with Gasteiger partial charge < -0.3 is 10.1 Å². The predicted molar refractivity (Wildman–Crippen MR) is 66.6 cm³/mol. The molecule has 0 aliphatic carbocycles. The summed E-state index contributed by atoms with van der Waals surface area (Å²) in [6.45, 7) is 1.09. The molecule has 2 aliphatic rings. The molecule has 106 valence electrons. The second-order valence-electron chi connectivity index (χ2n) is 4.73. The Morgan fingerprint density at radius 3 is 2.61 bits per heavy atom. The summed E-state index contributed by atoms with van der Waals surface area (Å²) in [6, 6.07) is -0.330. The fraction of sp³-hybridized carbons (Fsp3) is 1.00. The van der Waals surface area contributed by atoms with Crippen LogP contribution < -0.4 is 10.0 Å². The highest BCUT2D eigenvalue weighted by atomic mass is 32.2. The molecular formula is C9H18N2O5S2. The van der Waals surface area contributed by atoms with Gasteiger partial charge in [0.05, 0.1) is 28.9 Å². The Bertz CT molecular complexity index is 501. The monoisotopic (exact) mass is 298 g/mol. The third-order valence-corrected chi connectivity index (χ3v) is 7.30. The van der Waals surface area contributed by atoms with Crippen LogP contribution in [0.25, 0.3) is 0 Å². The summed E-state index contributed by atoms with van der Waals surface area (Å²) in [7, 11) is -5.28. The highest BCUT2D eigenvalue weighted by Gasteiger charge is 2.40. The van der Waals surface area contributed by atoms with Crippen LogP contribution in [-0.2, 0) is 24.6 Å². The van der Waals surface area contributed by atoms with E-state index in [1.54, 1.807) is 0 Å². The molecule has 9 heteroatoms. The summed E-state index contributed by atoms with van der Waals surface area (Å²) < 4.78 is 54.5. The first-order chi connectivity index (χ1) is 8.34. The van der Waals surface area contributed by atoms with Gasteiger partial charge in [0.25, 0.3) is 0 Å². The second-order valence-corrected chi connectivity index (χ2v) is 8.95. The van der Waals surface area contributed by atoms with E-state index in [4.69, 9.17) is 4.74 Å². The number of ether oxygens (including phenoxy) is 1. The van der Waals surface area contributed by atoms with Crippen molar-refractivity contribution in [2.75, 3.05) is 31.7 Å². The number of methoxy groups -OCH3 is 1. The SMILES string of the molecule is CO[C@H]1CNCC1NS(=O)(=O)C1CCS(=O)(=O)C1. The lowest BCUT2D eigenvalue weighted by Crippen LogP contribution is -2.47. The van der Waals surface area contributed by atoms with E-state index in [0.29, 0.717) is 13.1 Å². The molecule has 2 fully saturated rings. The summed E-state index contributed by atoms with van der Waals surface area (Å²) in [6.07, 6.45) is -0.0343. The van der Waals surface area contributed by atoms with Crippen LogP contribution in [0.15, 0.2) is 0 Å². The van der Waals surface area contributed by atoms with Crippen molar-refractivity contribution in [1.29, 1.82) is 0 Å². The quantitative estimate of drug-likeness (QED) is 0.627. The third kappa shape index (κ3) is 3.02. The lowest BCUT2D eigenvalue weighted by atomic mass is 10.2. The molecular weight excluding hydrogens is 280 g/mol. The van der Waals surface area contributed by atoms with Crippen LogP contribution in [0.2, 0.25) is 0 Å². The van der Waals surface area contributed by atoms with Crippen LogP contribution in [0.1, 0.15) is 6.42 Å². The minimum absolute atomic E-state index is 0.0464. The van der Waals surface area contributed by atoms with E-state index < -0.39 is 25.1 Å². The summed E-state index contributed by atoms with van der Waals surface area (Å²) in [5, 5.41) is 2.20. The number of hydrogen-bond donors (Lipinski definition) is 2. The van der Waals surface area contributed by atoms with Gasteiger partial charge in [-0.25, -0.2) is 21.6 Å². The molecule has 0 amide bonds. The van der Waals surface area contributed by atoms with Gasteiger partial charge in [0.1, 0.15) is 0 Å². The molecule has 7 nitrogen and oxygen atoms in total. The highest BCUT2D eigenvalue weighted by Crippen LogP contribution is 2.19. The average molecular weight is 298 g/mol. The Morgan fingerprint density at radius 2 is 2.06 bits per heavy atom. The molecule has 2 rings (SSSR count). The average Bonchev–Trinajstić information content (AvgIpc) is 2.84. The van der Waals surface area contributed by atoms with Crippen molar-refractivity contribution in [2.24, 2.45) is 0 Å². The van der Waals surface area contributed by atoms with Crippen LogP contribution in [0.4, 0.5) is 0 Å². The van der Waals surface area contributed by atoms with Gasteiger partial charge in [0.15, 0.2) is 9.84 Å². The van der Waals surface area contributed by atoms with Crippen molar-refractivity contribution in [1.82, 2.24) is 10.0 Å². The van der Waals surface area contributed by atoms with Crippen LogP contribution >= 0.6 is 0 Å². The molecule has 0 bridgehead atoms. The van der Waals surface area contributed by atoms with E-state index in [0.717, 1.165) is 0 Å². The smallest absolute Gasteiger partial charge is 0.215 e. The minimum atomic E-state index is -3.61. The molecule has 2 N–H and O–H groups in total. The van der Waals surface area contributed by atoms with Gasteiger partial charge in [0.2, 0.25) is 10.0 Å². The number of nitrogens with one attached hydrogen (secondary N) is 2. The topological polar surface area (TPSA) is 102 Å². The Kier molecular flexibility index (Phi) is 3.98. The first-order valence-electron chi connectivity index (χ1n) is 5.79. The third-order valence-electron chi connectivity index (χ3n) is 3.41. The maximum Gasteiger partial charge on any atom is 0.215 e. The van der Waals surface area contributed by atoms with E-state index >= 15 is 0 Å². The molecule has 0 spiro atoms. The van der Waals surface area contributed by atoms with Crippen molar-refractivity contribution >= 4 is 19.9 Å². The van der Waals surface area contributed by atoms with E-state index in [-0.39, 0.29) is 30.1 Å². The van der Waals surface area contributed by atoms with Gasteiger partial charge in [-0.2, -0.15) is 0 Å². The summed E-state index contributed by atoms with van der Waals surface area (Å²) in [5.74, 6) is -0.324. The van der Waals surface area contributed by atoms with Crippen molar-refractivity contribution in [2.45, 2.75) is 23.8 Å². The summed E-state index contributed by atoms with van der Waals surface area (Å²) >= 11 is 0. The maximum absolute atomic E-state index is 12.1. The first-order valence-corrected chi connectivity index (χ1v) is 9.16. The highest BCUT2D eigenvalue weighted by molar-refractivity contribution is 7.95. The minimum Gasteiger partial charge on any atom is -0.378 e. The van der Waals surface area contributed by atoms with Crippen molar-refractivity contribution in [3.05, 3.63) is 0 Å². The molecule has 3 atom stereocenters. The number of rotatable bonds is 4. The van der Waals surface area contributed by atoms with Gasteiger partial charge in [-0.15, -0.1) is 0 Å². The van der Waals surface area contributed by atoms with Gasteiger partial charge >= 0.3 is 0 Å². The van der Waals surface area contributed by atoms with E-state index in [1.165, 1.54) is 7.11 Å². The molecule has 0 aromatic heterocycles. The lowest BCUT2D eigenvalue weighted by Gasteiger charge is -2.20. The van der Waals surface area contributed by atoms with E-state index in [2.05, 4.69) is 10.0 Å². The largest absolute Gasteiger partial charge is 0.378 e. The number of sulfone groups is 1. The Balaban J connectivity index is 2.04. The van der Waals surface area contributed by atoms with E-state index in [1.807, 2.05) is 0 Å². The zero-order chi connectivity index (χ0) is 13.4. The molecule has 0 aromatic carbocycles. The zero-order valence-corrected chi connectivity index (χ0v) is 11.8. The predicted octanol–water partition coefficient (Wildman–Crippen LogP) is -1.92. The standard InChI is InChI=1S/C9H18N2O5S2/c1-16-9-5-10-4-8(9)11-18(14,15)7-2-3-17(12,13)6-7/h7-11H,2-6H2,1H3/t7?,8?,9-/m0/s1. The Hall–Kier alpha value is -0.220. The van der Waals surface area contributed by atoms with Gasteiger partial charge in [-0.1, -0.05) is 0 Å². The lowest BCUT2D eigenvalue weighted by molar-refractivity contribution is 0.103. The zero-order valence-electron chi connectivity index (χ0n) is 10.1. The van der Waals surface area contributed by atoms with Gasteiger partial charge in [-0.05, 0) is 6.42 Å². The summed E-state index contributed by atoms with van der Waals surface area (Å²) in [4.78, 5) is 0. The van der Waals surface area contributed by atoms with Crippen LogP contribution in [0.5, 0.6) is 0 Å². The number of hydrogen-bond acceptors (Lipinski definition) is 6. The molecule has 18 heavy (non-hydrogen) atoms. The van der Waals surface area contributed by atoms with E-state index in [9.17, 15) is 16.8 Å². The molecule has 0 radical (unpaired) electrons. The Labute approximate surface area is 107 Å². The normalized spacial score (nSPS) is 35.9. The van der Waals surface area contributed by atoms with Gasteiger partial charge in [0, 0.05) is 20.2 Å². The fourth-order valence-corrected chi connectivity index (χ4v) is 6.64. The van der Waals surface area contributed by atoms with Gasteiger partial charge in [-0.3, -0.25) is 0 Å². The van der Waals surface area contributed by atoms with Crippen LogP contribution in [0.3, 0.4) is 0 Å². The number of sulfonamides is 1. The van der Waals surface area contributed by atoms with Crippen molar-refractivity contribution < 1.29 is 21.6 Å². The molecule has 0 aromatic rings. The fourth-order valence-electron chi connectivity index (χ4n) is 2.33. The summed E-state index contributed by atoms with van der Waals surface area (Å²) in [5.41, 5.74) is 0. The molecule has 0 saturated carbocycles. The van der Waals surface area contributed by atoms with Crippen LogP contribution in [-0.4, -0.2) is 65.9 Å². The van der Waals surface area contributed by atoms with Crippen molar-refractivity contribution in [3.63, 3.8) is 0 Å². The molecule has 2 heterocycles. The molecule has 2 unspecified atom stereocenters.